The number of amides is 4. The maximum absolute atomic E-state index is 15.2. The Hall–Kier alpha value is -5.23. The summed E-state index contributed by atoms with van der Waals surface area (Å²) < 4.78 is 19.3. The third-order valence-electron chi connectivity index (χ3n) is 11.2. The van der Waals surface area contributed by atoms with Crippen LogP contribution in [0.5, 0.6) is 11.5 Å². The first-order chi connectivity index (χ1) is 25.0. The number of hydrazine groups is 1. The normalized spacial score (nSPS) is 26.5. The lowest BCUT2D eigenvalue weighted by Crippen LogP contribution is -2.53. The largest absolute Gasteiger partial charge is 0.504 e. The minimum absolute atomic E-state index is 0.00245. The fourth-order valence-corrected chi connectivity index (χ4v) is 9.04. The van der Waals surface area contributed by atoms with Crippen molar-refractivity contribution in [3.05, 3.63) is 100 Å². The van der Waals surface area contributed by atoms with E-state index in [1.54, 1.807) is 36.4 Å². The van der Waals surface area contributed by atoms with E-state index in [2.05, 4.69) is 5.43 Å². The number of allylic oxidation sites excluding steroid dienone is 2. The lowest BCUT2D eigenvalue weighted by atomic mass is 9.49. The molecule has 13 heteroatoms. The number of carboxylic acids is 1. The second kappa shape index (κ2) is 13.7. The van der Waals surface area contributed by atoms with Gasteiger partial charge in [-0.05, 0) is 91.3 Å². The molecule has 3 N–H and O–H groups in total. The van der Waals surface area contributed by atoms with Crippen molar-refractivity contribution in [3.63, 3.8) is 0 Å². The van der Waals surface area contributed by atoms with Gasteiger partial charge in [0.05, 0.1) is 36.0 Å². The van der Waals surface area contributed by atoms with Crippen molar-refractivity contribution in [1.82, 2.24) is 9.91 Å². The van der Waals surface area contributed by atoms with Gasteiger partial charge in [0, 0.05) is 23.9 Å². The summed E-state index contributed by atoms with van der Waals surface area (Å²) in [6, 6.07) is 16.7. The number of ether oxygens (including phenoxy) is 1. The first-order valence-electron chi connectivity index (χ1n) is 17.3. The Morgan fingerprint density at radius 3 is 2.38 bits per heavy atom. The highest BCUT2D eigenvalue weighted by molar-refractivity contribution is 6.30. The van der Waals surface area contributed by atoms with Crippen LogP contribution in [0.3, 0.4) is 0 Å². The number of anilines is 1. The minimum atomic E-state index is -1.57. The predicted molar refractivity (Wildman–Crippen MR) is 187 cm³/mol. The number of phenols is 1. The van der Waals surface area contributed by atoms with Crippen molar-refractivity contribution >= 4 is 46.9 Å². The van der Waals surface area contributed by atoms with Crippen molar-refractivity contribution in [2.45, 2.75) is 49.9 Å². The van der Waals surface area contributed by atoms with Gasteiger partial charge in [0.1, 0.15) is 5.82 Å². The molecule has 1 saturated carbocycles. The first-order valence-corrected chi connectivity index (χ1v) is 17.7. The Morgan fingerprint density at radius 2 is 1.69 bits per heavy atom. The van der Waals surface area contributed by atoms with E-state index < -0.39 is 58.6 Å². The summed E-state index contributed by atoms with van der Waals surface area (Å²) in [6.07, 6.45) is 3.68. The number of imide groups is 2. The number of likely N-dealkylation sites (tertiary alicyclic amines) is 1. The first kappa shape index (κ1) is 35.2. The van der Waals surface area contributed by atoms with E-state index in [4.69, 9.17) is 21.4 Å². The topological polar surface area (TPSA) is 154 Å². The molecule has 2 aliphatic heterocycles. The zero-order valence-corrected chi connectivity index (χ0v) is 29.0. The number of carbonyl (C=O) groups is 5. The van der Waals surface area contributed by atoms with Crippen molar-refractivity contribution in [2.24, 2.45) is 23.7 Å². The Morgan fingerprint density at radius 1 is 0.962 bits per heavy atom. The Labute approximate surface area is 304 Å². The number of unbranched alkanes of at least 4 members (excludes halogenated alkanes) is 2. The third-order valence-corrected chi connectivity index (χ3v) is 11.4. The molecule has 0 spiro atoms. The highest BCUT2D eigenvalue weighted by Crippen LogP contribution is 2.64. The fourth-order valence-electron chi connectivity index (χ4n) is 8.91. The van der Waals surface area contributed by atoms with E-state index in [0.29, 0.717) is 41.1 Å². The molecule has 52 heavy (non-hydrogen) atoms. The molecule has 2 saturated heterocycles. The van der Waals surface area contributed by atoms with Crippen LogP contribution in [0.15, 0.2) is 78.4 Å². The summed E-state index contributed by atoms with van der Waals surface area (Å²) in [7, 11) is 1.41. The molecule has 0 bridgehead atoms. The molecule has 4 aliphatic rings. The van der Waals surface area contributed by atoms with Crippen LogP contribution in [0.1, 0.15) is 55.6 Å². The average molecular weight is 730 g/mol. The van der Waals surface area contributed by atoms with Gasteiger partial charge in [-0.15, -0.1) is 0 Å². The predicted octanol–water partition coefficient (Wildman–Crippen LogP) is 5.82. The molecular weight excluding hydrogens is 693 g/mol. The van der Waals surface area contributed by atoms with Gasteiger partial charge in [0.15, 0.2) is 11.5 Å². The second-order valence-electron chi connectivity index (χ2n) is 13.8. The van der Waals surface area contributed by atoms with Gasteiger partial charge in [-0.25, -0.2) is 4.39 Å². The van der Waals surface area contributed by atoms with Crippen molar-refractivity contribution in [3.8, 4) is 11.5 Å². The molecular formula is C39H37ClFN3O8. The lowest BCUT2D eigenvalue weighted by molar-refractivity contribution is -0.141. The molecule has 0 unspecified atom stereocenters. The Kier molecular flexibility index (Phi) is 9.28. The quantitative estimate of drug-likeness (QED) is 0.126. The van der Waals surface area contributed by atoms with Crippen LogP contribution in [0.4, 0.5) is 10.1 Å². The number of rotatable bonds is 11. The number of nitrogens with zero attached hydrogens (tertiary/aromatic N) is 2. The van der Waals surface area contributed by atoms with E-state index in [0.717, 1.165) is 10.6 Å². The molecule has 0 aromatic heterocycles. The van der Waals surface area contributed by atoms with Crippen LogP contribution in [0, 0.1) is 29.5 Å². The standard InChI is InChI=1S/C39H37ClFN3O8/c1-52-31-19-21(6-17-30(31)45)34-26-15-16-27-33(37(50)43(35(27)48)18-4-2-3-5-32(46)47)28(26)20-29-36(49)44(42-25-13-11-24(41)12-14-25)38(51)39(29,34)22-7-9-23(40)10-8-22/h6-15,17,19,27-29,33-34,42,45H,2-5,16,18,20H2,1H3,(H,46,47)/t27-,28+,29-,33-,34-,39+/m0/s1. The van der Waals surface area contributed by atoms with Gasteiger partial charge in [0.2, 0.25) is 11.8 Å². The molecule has 3 aromatic carbocycles. The number of nitrogens with one attached hydrogen (secondary N) is 1. The number of hydrogen-bond donors (Lipinski definition) is 3. The number of carbonyl (C=O) groups excluding carboxylic acids is 4. The average Bonchev–Trinajstić information content (AvgIpc) is 3.50. The SMILES string of the molecule is COc1cc([C@H]2C3=CC[C@@H]4C(=O)N(CCCCCC(=O)O)C(=O)[C@@H]4[C@@H]3C[C@H]3C(=O)N(Nc4ccc(F)cc4)C(=O)[C@@]23c2ccc(Cl)cc2)ccc1O. The summed E-state index contributed by atoms with van der Waals surface area (Å²) in [4.78, 5) is 70.1. The van der Waals surface area contributed by atoms with Gasteiger partial charge in [-0.1, -0.05) is 47.9 Å². The smallest absolute Gasteiger partial charge is 0.303 e. The third kappa shape index (κ3) is 5.69. The highest BCUT2D eigenvalue weighted by Gasteiger charge is 2.70. The molecule has 6 atom stereocenters. The zero-order valence-electron chi connectivity index (χ0n) is 28.3. The lowest BCUT2D eigenvalue weighted by Gasteiger charge is -2.50. The highest BCUT2D eigenvalue weighted by atomic mass is 35.5. The van der Waals surface area contributed by atoms with Crippen molar-refractivity contribution in [1.29, 1.82) is 0 Å². The maximum Gasteiger partial charge on any atom is 0.303 e. The van der Waals surface area contributed by atoms with Crippen LogP contribution in [-0.4, -0.2) is 63.4 Å². The van der Waals surface area contributed by atoms with Gasteiger partial charge in [-0.3, -0.25) is 34.3 Å². The van der Waals surface area contributed by atoms with Crippen LogP contribution >= 0.6 is 11.6 Å². The molecule has 11 nitrogen and oxygen atoms in total. The van der Waals surface area contributed by atoms with Crippen LogP contribution < -0.4 is 10.2 Å². The molecule has 3 aromatic rings. The molecule has 270 valence electrons. The Balaban J connectivity index is 1.36. The van der Waals surface area contributed by atoms with Gasteiger partial charge >= 0.3 is 5.97 Å². The van der Waals surface area contributed by atoms with E-state index in [9.17, 15) is 28.7 Å². The molecule has 3 fully saturated rings. The summed E-state index contributed by atoms with van der Waals surface area (Å²) in [5, 5.41) is 21.0. The van der Waals surface area contributed by atoms with Gasteiger partial charge in [0.25, 0.3) is 11.8 Å². The number of benzene rings is 3. The van der Waals surface area contributed by atoms with E-state index in [1.807, 2.05) is 6.08 Å². The van der Waals surface area contributed by atoms with Crippen molar-refractivity contribution < 1.29 is 43.3 Å². The number of halogens is 2. The van der Waals surface area contributed by atoms with E-state index in [-0.39, 0.29) is 49.1 Å². The molecule has 0 radical (unpaired) electrons. The maximum atomic E-state index is 15.2. The summed E-state index contributed by atoms with van der Waals surface area (Å²) in [5.74, 6) is -7.03. The van der Waals surface area contributed by atoms with Crippen molar-refractivity contribution in [2.75, 3.05) is 19.1 Å². The zero-order chi connectivity index (χ0) is 36.9. The van der Waals surface area contributed by atoms with Gasteiger partial charge in [-0.2, -0.15) is 5.01 Å². The molecule has 7 rings (SSSR count). The summed E-state index contributed by atoms with van der Waals surface area (Å²) in [6.45, 7) is 0.163. The van der Waals surface area contributed by atoms with Gasteiger partial charge < -0.3 is 14.9 Å². The second-order valence-corrected chi connectivity index (χ2v) is 14.3. The number of carboxylic acid groups (broad SMARTS) is 1. The molecule has 2 aliphatic carbocycles. The summed E-state index contributed by atoms with van der Waals surface area (Å²) >= 11 is 6.34. The van der Waals surface area contributed by atoms with Crippen LogP contribution in [0.25, 0.3) is 0 Å². The minimum Gasteiger partial charge on any atom is -0.504 e. The molecule has 2 heterocycles. The van der Waals surface area contributed by atoms with E-state index >= 15 is 4.79 Å². The number of methoxy groups -OCH3 is 1. The molecule has 4 amide bonds. The Bertz CT molecular complexity index is 1990. The number of hydrogen-bond acceptors (Lipinski definition) is 8. The number of aromatic hydroxyl groups is 1. The van der Waals surface area contributed by atoms with Crippen LogP contribution in [0.2, 0.25) is 5.02 Å². The fraction of sp³-hybridized carbons (Fsp3) is 0.359. The van der Waals surface area contributed by atoms with Crippen LogP contribution in [-0.2, 0) is 29.4 Å². The number of aliphatic carboxylic acids is 1. The van der Waals surface area contributed by atoms with E-state index in [1.165, 1.54) is 42.3 Å². The number of phenolic OH excluding ortho intramolecular Hbond substituents is 1. The summed E-state index contributed by atoms with van der Waals surface area (Å²) in [5.41, 5.74) is 3.46. The monoisotopic (exact) mass is 729 g/mol. The number of fused-ring (bicyclic) bond motifs is 4.